The Labute approximate surface area is 120 Å². The fourth-order valence-corrected chi connectivity index (χ4v) is 3.12. The van der Waals surface area contributed by atoms with Crippen LogP contribution in [0.1, 0.15) is 29.2 Å². The summed E-state index contributed by atoms with van der Waals surface area (Å²) in [5, 5.41) is 9.34. The van der Waals surface area contributed by atoms with E-state index in [0.717, 1.165) is 25.8 Å². The fraction of sp³-hybridized carbons (Fsp3) is 0.333. The Hall–Kier alpha value is -1.80. The highest BCUT2D eigenvalue weighted by Gasteiger charge is 2.23. The van der Waals surface area contributed by atoms with E-state index in [1.54, 1.807) is 12.1 Å². The monoisotopic (exact) mass is 267 g/mol. The molecule has 1 heterocycles. The fourth-order valence-electron chi connectivity index (χ4n) is 3.12. The maximum absolute atomic E-state index is 9.34. The first-order valence-corrected chi connectivity index (χ1v) is 7.30. The molecule has 1 aliphatic heterocycles. The predicted octanol–water partition coefficient (Wildman–Crippen LogP) is 3.55. The van der Waals surface area contributed by atoms with Gasteiger partial charge < -0.3 is 5.11 Å². The number of phenolic OH excluding ortho intramolecular Hbond substituents is 1. The summed E-state index contributed by atoms with van der Waals surface area (Å²) >= 11 is 0. The van der Waals surface area contributed by atoms with Crippen LogP contribution in [0.15, 0.2) is 48.5 Å². The highest BCUT2D eigenvalue weighted by atomic mass is 16.3. The SMILES string of the molecule is CN1CCc2ccccc2C1CCc1ccc(O)cc1. The molecule has 1 atom stereocenters. The van der Waals surface area contributed by atoms with Crippen molar-refractivity contribution < 1.29 is 5.11 Å². The number of fused-ring (bicyclic) bond motifs is 1. The van der Waals surface area contributed by atoms with E-state index in [4.69, 9.17) is 0 Å². The van der Waals surface area contributed by atoms with E-state index in [9.17, 15) is 5.11 Å². The van der Waals surface area contributed by atoms with Crippen molar-refractivity contribution in [2.45, 2.75) is 25.3 Å². The number of aromatic hydroxyl groups is 1. The molecule has 0 aromatic heterocycles. The number of aryl methyl sites for hydroxylation is 1. The van der Waals surface area contributed by atoms with Gasteiger partial charge in [0, 0.05) is 12.6 Å². The van der Waals surface area contributed by atoms with Crippen molar-refractivity contribution in [2.75, 3.05) is 13.6 Å². The molecule has 0 fully saturated rings. The van der Waals surface area contributed by atoms with Gasteiger partial charge in [0.05, 0.1) is 0 Å². The van der Waals surface area contributed by atoms with Crippen molar-refractivity contribution in [3.05, 3.63) is 65.2 Å². The number of rotatable bonds is 3. The quantitative estimate of drug-likeness (QED) is 0.919. The normalized spacial score (nSPS) is 18.8. The lowest BCUT2D eigenvalue weighted by Crippen LogP contribution is -2.32. The van der Waals surface area contributed by atoms with Crippen molar-refractivity contribution >= 4 is 0 Å². The number of likely N-dealkylation sites (N-methyl/N-ethyl adjacent to an activating group) is 1. The van der Waals surface area contributed by atoms with Gasteiger partial charge in [-0.05, 0) is 55.1 Å². The van der Waals surface area contributed by atoms with E-state index in [0.29, 0.717) is 11.8 Å². The van der Waals surface area contributed by atoms with Gasteiger partial charge in [0.15, 0.2) is 0 Å². The lowest BCUT2D eigenvalue weighted by atomic mass is 9.89. The van der Waals surface area contributed by atoms with Gasteiger partial charge in [-0.15, -0.1) is 0 Å². The summed E-state index contributed by atoms with van der Waals surface area (Å²) in [6.07, 6.45) is 3.32. The maximum Gasteiger partial charge on any atom is 0.115 e. The molecule has 0 bridgehead atoms. The summed E-state index contributed by atoms with van der Waals surface area (Å²) in [6.45, 7) is 1.14. The molecule has 2 aromatic rings. The Kier molecular flexibility index (Phi) is 3.75. The minimum Gasteiger partial charge on any atom is -0.508 e. The minimum atomic E-state index is 0.342. The number of hydrogen-bond acceptors (Lipinski definition) is 2. The molecule has 0 saturated heterocycles. The Bertz CT molecular complexity index is 576. The Morgan fingerprint density at radius 3 is 2.65 bits per heavy atom. The maximum atomic E-state index is 9.34. The highest BCUT2D eigenvalue weighted by molar-refractivity contribution is 5.33. The first kappa shape index (κ1) is 13.2. The molecule has 20 heavy (non-hydrogen) atoms. The summed E-state index contributed by atoms with van der Waals surface area (Å²) in [7, 11) is 2.22. The van der Waals surface area contributed by atoms with E-state index in [2.05, 4.69) is 36.2 Å². The van der Waals surface area contributed by atoms with Gasteiger partial charge in [-0.3, -0.25) is 4.90 Å². The lowest BCUT2D eigenvalue weighted by molar-refractivity contribution is 0.219. The van der Waals surface area contributed by atoms with E-state index in [1.165, 1.54) is 16.7 Å². The molecular weight excluding hydrogens is 246 g/mol. The smallest absolute Gasteiger partial charge is 0.115 e. The molecule has 0 amide bonds. The lowest BCUT2D eigenvalue weighted by Gasteiger charge is -2.34. The third-order valence-corrected chi connectivity index (χ3v) is 4.32. The zero-order chi connectivity index (χ0) is 13.9. The van der Waals surface area contributed by atoms with Gasteiger partial charge in [0.25, 0.3) is 0 Å². The third-order valence-electron chi connectivity index (χ3n) is 4.32. The molecule has 0 saturated carbocycles. The molecule has 2 heteroatoms. The van der Waals surface area contributed by atoms with Crippen molar-refractivity contribution in [3.63, 3.8) is 0 Å². The predicted molar refractivity (Wildman–Crippen MR) is 81.9 cm³/mol. The van der Waals surface area contributed by atoms with Crippen molar-refractivity contribution in [1.82, 2.24) is 4.90 Å². The van der Waals surface area contributed by atoms with Gasteiger partial charge in [0.1, 0.15) is 5.75 Å². The Morgan fingerprint density at radius 2 is 1.85 bits per heavy atom. The largest absolute Gasteiger partial charge is 0.508 e. The van der Waals surface area contributed by atoms with E-state index in [-0.39, 0.29) is 0 Å². The molecule has 0 radical (unpaired) electrons. The molecule has 2 nitrogen and oxygen atoms in total. The van der Waals surface area contributed by atoms with Crippen LogP contribution < -0.4 is 0 Å². The van der Waals surface area contributed by atoms with Crippen molar-refractivity contribution in [1.29, 1.82) is 0 Å². The zero-order valence-electron chi connectivity index (χ0n) is 11.9. The first-order chi connectivity index (χ1) is 9.74. The summed E-state index contributed by atoms with van der Waals surface area (Å²) in [4.78, 5) is 2.46. The van der Waals surface area contributed by atoms with Gasteiger partial charge in [-0.25, -0.2) is 0 Å². The third kappa shape index (κ3) is 2.70. The summed E-state index contributed by atoms with van der Waals surface area (Å²) < 4.78 is 0. The number of benzene rings is 2. The number of nitrogens with zero attached hydrogens (tertiary/aromatic N) is 1. The van der Waals surface area contributed by atoms with E-state index in [1.807, 2.05) is 12.1 Å². The zero-order valence-corrected chi connectivity index (χ0v) is 11.9. The second-order valence-electron chi connectivity index (χ2n) is 5.65. The first-order valence-electron chi connectivity index (χ1n) is 7.30. The Morgan fingerprint density at radius 1 is 1.10 bits per heavy atom. The molecular formula is C18H21NO. The standard InChI is InChI=1S/C18H21NO/c1-19-13-12-15-4-2-3-5-17(15)18(19)11-8-14-6-9-16(20)10-7-14/h2-7,9-10,18,20H,8,11-13H2,1H3. The van der Waals surface area contributed by atoms with Crippen LogP contribution in [-0.4, -0.2) is 23.6 Å². The highest BCUT2D eigenvalue weighted by Crippen LogP contribution is 2.32. The van der Waals surface area contributed by atoms with Gasteiger partial charge in [-0.1, -0.05) is 36.4 Å². The minimum absolute atomic E-state index is 0.342. The van der Waals surface area contributed by atoms with Crippen LogP contribution >= 0.6 is 0 Å². The Balaban J connectivity index is 1.75. The molecule has 1 unspecified atom stereocenters. The van der Waals surface area contributed by atoms with Crippen molar-refractivity contribution in [2.24, 2.45) is 0 Å². The summed E-state index contributed by atoms with van der Waals surface area (Å²) in [5.41, 5.74) is 4.28. The van der Waals surface area contributed by atoms with Crippen LogP contribution in [0, 0.1) is 0 Å². The van der Waals surface area contributed by atoms with Crippen LogP contribution in [0.2, 0.25) is 0 Å². The summed E-state index contributed by atoms with van der Waals surface area (Å²) in [6, 6.07) is 16.9. The van der Waals surface area contributed by atoms with Crippen LogP contribution in [-0.2, 0) is 12.8 Å². The van der Waals surface area contributed by atoms with Gasteiger partial charge in [0.2, 0.25) is 0 Å². The van der Waals surface area contributed by atoms with Crippen LogP contribution in [0.25, 0.3) is 0 Å². The van der Waals surface area contributed by atoms with Crippen LogP contribution in [0.5, 0.6) is 5.75 Å². The second-order valence-corrected chi connectivity index (χ2v) is 5.65. The molecule has 1 N–H and O–H groups in total. The van der Waals surface area contributed by atoms with E-state index >= 15 is 0 Å². The molecule has 3 rings (SSSR count). The molecule has 104 valence electrons. The second kappa shape index (κ2) is 5.68. The van der Waals surface area contributed by atoms with Crippen molar-refractivity contribution in [3.8, 4) is 5.75 Å². The average Bonchev–Trinajstić information content (AvgIpc) is 2.48. The average molecular weight is 267 g/mol. The van der Waals surface area contributed by atoms with Crippen LogP contribution in [0.4, 0.5) is 0 Å². The van der Waals surface area contributed by atoms with E-state index < -0.39 is 0 Å². The molecule has 2 aromatic carbocycles. The van der Waals surface area contributed by atoms with Crippen LogP contribution in [0.3, 0.4) is 0 Å². The molecule has 1 aliphatic rings. The topological polar surface area (TPSA) is 23.5 Å². The number of hydrogen-bond donors (Lipinski definition) is 1. The molecule has 0 spiro atoms. The number of phenols is 1. The van der Waals surface area contributed by atoms with Gasteiger partial charge in [-0.2, -0.15) is 0 Å². The summed E-state index contributed by atoms with van der Waals surface area (Å²) in [5.74, 6) is 0.342. The molecule has 0 aliphatic carbocycles. The van der Waals surface area contributed by atoms with Gasteiger partial charge >= 0.3 is 0 Å².